The second-order valence-electron chi connectivity index (χ2n) is 9.18. The zero-order valence-corrected chi connectivity index (χ0v) is 15.0. The second kappa shape index (κ2) is 5.57. The van der Waals surface area contributed by atoms with E-state index in [0.29, 0.717) is 25.2 Å². The largest absolute Gasteiger partial charge is 0.396 e. The summed E-state index contributed by atoms with van der Waals surface area (Å²) in [7, 11) is 0. The fourth-order valence-electron chi connectivity index (χ4n) is 7.01. The molecule has 4 rings (SSSR count). The molecule has 0 heterocycles. The van der Waals surface area contributed by atoms with E-state index in [1.54, 1.807) is 0 Å². The lowest BCUT2D eigenvalue weighted by Crippen LogP contribution is -2.59. The molecule has 0 aromatic carbocycles. The molecule has 4 nitrogen and oxygen atoms in total. The van der Waals surface area contributed by atoms with Gasteiger partial charge in [-0.15, -0.1) is 6.42 Å². The standard InChI is InChI=1S/C21H30O4/c1-3-21(25)9-6-16-18-15(5-8-20(16,21)12-22)19(2)7-4-14(23)10-13(19)11-17(18)24/h1,11,14-18,22-25H,4-10,12H2,2H3/t14-,15?,16?,17-,18?,19-,20+,21-/m0/s1. The highest BCUT2D eigenvalue weighted by atomic mass is 16.3. The number of aliphatic hydroxyl groups is 4. The first-order chi connectivity index (χ1) is 11.8. The van der Waals surface area contributed by atoms with Crippen molar-refractivity contribution in [1.29, 1.82) is 0 Å². The number of rotatable bonds is 1. The summed E-state index contributed by atoms with van der Waals surface area (Å²) in [6, 6.07) is 0. The van der Waals surface area contributed by atoms with Crippen LogP contribution in [0.3, 0.4) is 0 Å². The minimum atomic E-state index is -1.27. The predicted molar refractivity (Wildman–Crippen MR) is 94.3 cm³/mol. The van der Waals surface area contributed by atoms with E-state index >= 15 is 0 Å². The maximum atomic E-state index is 11.0. The molecule has 0 amide bonds. The van der Waals surface area contributed by atoms with E-state index in [-0.39, 0.29) is 30.0 Å². The molecule has 4 aliphatic rings. The Hall–Kier alpha value is -0.860. The van der Waals surface area contributed by atoms with Crippen molar-refractivity contribution in [1.82, 2.24) is 0 Å². The molecule has 3 fully saturated rings. The fourth-order valence-corrected chi connectivity index (χ4v) is 7.01. The summed E-state index contributed by atoms with van der Waals surface area (Å²) in [5, 5.41) is 42.3. The average Bonchev–Trinajstić information content (AvgIpc) is 2.91. The van der Waals surface area contributed by atoms with E-state index in [9.17, 15) is 20.4 Å². The van der Waals surface area contributed by atoms with Gasteiger partial charge in [0.2, 0.25) is 0 Å². The van der Waals surface area contributed by atoms with Crippen LogP contribution in [0.2, 0.25) is 0 Å². The molecule has 8 atom stereocenters. The Bertz CT molecular complexity index is 636. The summed E-state index contributed by atoms with van der Waals surface area (Å²) < 4.78 is 0. The molecule has 25 heavy (non-hydrogen) atoms. The Morgan fingerprint density at radius 2 is 1.88 bits per heavy atom. The van der Waals surface area contributed by atoms with Gasteiger partial charge in [0.25, 0.3) is 0 Å². The molecule has 0 spiro atoms. The lowest BCUT2D eigenvalue weighted by atomic mass is 9.46. The minimum Gasteiger partial charge on any atom is -0.396 e. The number of hydrogen-bond acceptors (Lipinski definition) is 4. The molecule has 0 aromatic rings. The second-order valence-corrected chi connectivity index (χ2v) is 9.18. The van der Waals surface area contributed by atoms with Gasteiger partial charge in [0, 0.05) is 5.41 Å². The minimum absolute atomic E-state index is 0.00158. The topological polar surface area (TPSA) is 80.9 Å². The first-order valence-corrected chi connectivity index (χ1v) is 9.70. The number of terminal acetylenes is 1. The average molecular weight is 346 g/mol. The summed E-state index contributed by atoms with van der Waals surface area (Å²) in [6.07, 6.45) is 11.9. The molecule has 3 unspecified atom stereocenters. The van der Waals surface area contributed by atoms with Crippen molar-refractivity contribution in [2.45, 2.75) is 69.7 Å². The highest BCUT2D eigenvalue weighted by molar-refractivity contribution is 5.31. The third-order valence-electron chi connectivity index (χ3n) is 8.47. The fraction of sp³-hybridized carbons (Fsp3) is 0.810. The van der Waals surface area contributed by atoms with Gasteiger partial charge in [0.15, 0.2) is 0 Å². The Morgan fingerprint density at radius 1 is 1.16 bits per heavy atom. The predicted octanol–water partition coefficient (Wildman–Crippen LogP) is 1.62. The van der Waals surface area contributed by atoms with Gasteiger partial charge >= 0.3 is 0 Å². The van der Waals surface area contributed by atoms with E-state index in [4.69, 9.17) is 6.42 Å². The molecule has 0 radical (unpaired) electrons. The van der Waals surface area contributed by atoms with Crippen molar-refractivity contribution in [3.05, 3.63) is 11.6 Å². The van der Waals surface area contributed by atoms with Crippen LogP contribution in [0.4, 0.5) is 0 Å². The number of hydrogen-bond donors (Lipinski definition) is 4. The van der Waals surface area contributed by atoms with Gasteiger partial charge in [-0.05, 0) is 68.1 Å². The SMILES string of the molecule is C#C[C@]1(O)CCC2C3C(CC[C@@]21CO)[C@@]1(C)CC[C@H](O)CC1=C[C@@H]3O. The summed E-state index contributed by atoms with van der Waals surface area (Å²) in [5.74, 6) is 2.95. The normalized spacial score (nSPS) is 54.7. The molecule has 138 valence electrons. The van der Waals surface area contributed by atoms with E-state index in [2.05, 4.69) is 12.8 Å². The van der Waals surface area contributed by atoms with Gasteiger partial charge in [-0.1, -0.05) is 24.5 Å². The van der Waals surface area contributed by atoms with Crippen LogP contribution in [0.1, 0.15) is 51.9 Å². The molecule has 4 aliphatic carbocycles. The van der Waals surface area contributed by atoms with E-state index in [0.717, 1.165) is 25.7 Å². The van der Waals surface area contributed by atoms with Crippen molar-refractivity contribution in [3.8, 4) is 12.3 Å². The van der Waals surface area contributed by atoms with Crippen LogP contribution < -0.4 is 0 Å². The van der Waals surface area contributed by atoms with Gasteiger partial charge < -0.3 is 20.4 Å². The van der Waals surface area contributed by atoms with E-state index < -0.39 is 17.1 Å². The van der Waals surface area contributed by atoms with Crippen molar-refractivity contribution in [3.63, 3.8) is 0 Å². The molecular formula is C21H30O4. The zero-order valence-electron chi connectivity index (χ0n) is 15.0. The maximum Gasteiger partial charge on any atom is 0.133 e. The monoisotopic (exact) mass is 346 g/mol. The van der Waals surface area contributed by atoms with Gasteiger partial charge in [0.1, 0.15) is 5.60 Å². The van der Waals surface area contributed by atoms with Crippen LogP contribution in [0, 0.1) is 40.9 Å². The van der Waals surface area contributed by atoms with Crippen LogP contribution >= 0.6 is 0 Å². The zero-order chi connectivity index (χ0) is 18.0. The first-order valence-electron chi connectivity index (χ1n) is 9.70. The van der Waals surface area contributed by atoms with E-state index in [1.807, 2.05) is 6.08 Å². The number of fused-ring (bicyclic) bond motifs is 5. The molecule has 0 aromatic heterocycles. The molecular weight excluding hydrogens is 316 g/mol. The van der Waals surface area contributed by atoms with Crippen molar-refractivity contribution in [2.24, 2.45) is 28.6 Å². The third-order valence-corrected chi connectivity index (χ3v) is 8.47. The molecule has 4 N–H and O–H groups in total. The van der Waals surface area contributed by atoms with Crippen LogP contribution in [-0.2, 0) is 0 Å². The molecule has 0 saturated heterocycles. The first kappa shape index (κ1) is 17.5. The molecule has 3 saturated carbocycles. The summed E-state index contributed by atoms with van der Waals surface area (Å²) in [6.45, 7) is 2.16. The Morgan fingerprint density at radius 3 is 2.56 bits per heavy atom. The summed E-state index contributed by atoms with van der Waals surface area (Å²) in [5.41, 5.74) is -0.770. The quantitative estimate of drug-likeness (QED) is 0.430. The van der Waals surface area contributed by atoms with Gasteiger partial charge in [0.05, 0.1) is 18.8 Å². The molecule has 0 aliphatic heterocycles. The maximum absolute atomic E-state index is 11.0. The Balaban J connectivity index is 1.76. The molecule has 4 heteroatoms. The van der Waals surface area contributed by atoms with Gasteiger partial charge in [-0.3, -0.25) is 0 Å². The van der Waals surface area contributed by atoms with Gasteiger partial charge in [-0.25, -0.2) is 0 Å². The Labute approximate surface area is 150 Å². The van der Waals surface area contributed by atoms with Crippen LogP contribution in [0.15, 0.2) is 11.6 Å². The highest BCUT2D eigenvalue weighted by Crippen LogP contribution is 2.66. The summed E-state index contributed by atoms with van der Waals surface area (Å²) in [4.78, 5) is 0. The lowest BCUT2D eigenvalue weighted by molar-refractivity contribution is -0.149. The lowest BCUT2D eigenvalue weighted by Gasteiger charge is -2.59. The van der Waals surface area contributed by atoms with Crippen molar-refractivity contribution >= 4 is 0 Å². The van der Waals surface area contributed by atoms with Gasteiger partial charge in [-0.2, -0.15) is 0 Å². The Kier molecular flexibility index (Phi) is 3.91. The molecule has 0 bridgehead atoms. The van der Waals surface area contributed by atoms with Crippen LogP contribution in [0.5, 0.6) is 0 Å². The van der Waals surface area contributed by atoms with E-state index in [1.165, 1.54) is 5.57 Å². The van der Waals surface area contributed by atoms with Crippen molar-refractivity contribution < 1.29 is 20.4 Å². The van der Waals surface area contributed by atoms with Crippen LogP contribution in [-0.4, -0.2) is 44.8 Å². The smallest absolute Gasteiger partial charge is 0.133 e. The third kappa shape index (κ3) is 2.10. The highest BCUT2D eigenvalue weighted by Gasteiger charge is 2.66. The van der Waals surface area contributed by atoms with Crippen molar-refractivity contribution in [2.75, 3.05) is 6.61 Å². The number of aliphatic hydroxyl groups excluding tert-OH is 3. The summed E-state index contributed by atoms with van der Waals surface area (Å²) >= 11 is 0. The van der Waals surface area contributed by atoms with Crippen LogP contribution in [0.25, 0.3) is 0 Å².